The standard InChI is InChI=1S/C19H22N2O5S/c1-3-26-17-6-4-15(5-7-17)21-13-14(12-19(21)22)20-27(23,24)18-10-8-16(25-2)9-11-18/h4-11,14,20H,3,12-13H2,1-2H3. The van der Waals surface area contributed by atoms with E-state index in [0.29, 0.717) is 12.4 Å². The molecule has 0 bridgehead atoms. The number of nitrogens with one attached hydrogen (secondary N) is 1. The summed E-state index contributed by atoms with van der Waals surface area (Å²) >= 11 is 0. The van der Waals surface area contributed by atoms with Crippen LogP contribution in [0.4, 0.5) is 5.69 Å². The van der Waals surface area contributed by atoms with Crippen molar-refractivity contribution in [2.24, 2.45) is 0 Å². The molecule has 1 atom stereocenters. The van der Waals surface area contributed by atoms with Gasteiger partial charge in [-0.1, -0.05) is 0 Å². The Morgan fingerprint density at radius 3 is 2.30 bits per heavy atom. The highest BCUT2D eigenvalue weighted by Crippen LogP contribution is 2.25. The Morgan fingerprint density at radius 1 is 1.07 bits per heavy atom. The first-order chi connectivity index (χ1) is 12.9. The quantitative estimate of drug-likeness (QED) is 0.783. The van der Waals surface area contributed by atoms with Crippen molar-refractivity contribution in [3.05, 3.63) is 48.5 Å². The molecule has 1 fully saturated rings. The fraction of sp³-hybridized carbons (Fsp3) is 0.316. The molecule has 1 aliphatic heterocycles. The van der Waals surface area contributed by atoms with Gasteiger partial charge in [-0.3, -0.25) is 4.79 Å². The summed E-state index contributed by atoms with van der Waals surface area (Å²) in [6, 6.07) is 12.8. The van der Waals surface area contributed by atoms with Crippen LogP contribution >= 0.6 is 0 Å². The van der Waals surface area contributed by atoms with Crippen molar-refractivity contribution in [2.75, 3.05) is 25.2 Å². The molecule has 1 N–H and O–H groups in total. The van der Waals surface area contributed by atoms with Crippen molar-refractivity contribution >= 4 is 21.6 Å². The average molecular weight is 390 g/mol. The van der Waals surface area contributed by atoms with Gasteiger partial charge in [0.05, 0.1) is 18.6 Å². The van der Waals surface area contributed by atoms with Crippen LogP contribution in [-0.2, 0) is 14.8 Å². The summed E-state index contributed by atoms with van der Waals surface area (Å²) in [5.74, 6) is 1.18. The fourth-order valence-electron chi connectivity index (χ4n) is 2.97. The summed E-state index contributed by atoms with van der Waals surface area (Å²) < 4.78 is 38.2. The van der Waals surface area contributed by atoms with Crippen molar-refractivity contribution in [3.8, 4) is 11.5 Å². The highest BCUT2D eigenvalue weighted by atomic mass is 32.2. The van der Waals surface area contributed by atoms with Crippen LogP contribution in [0.3, 0.4) is 0 Å². The number of nitrogens with zero attached hydrogens (tertiary/aromatic N) is 1. The van der Waals surface area contributed by atoms with Gasteiger partial charge in [0, 0.05) is 24.7 Å². The number of anilines is 1. The second kappa shape index (κ2) is 7.98. The Kier molecular flexibility index (Phi) is 5.67. The number of rotatable bonds is 7. The predicted octanol–water partition coefficient (Wildman–Crippen LogP) is 2.18. The van der Waals surface area contributed by atoms with E-state index in [-0.39, 0.29) is 23.8 Å². The van der Waals surface area contributed by atoms with Crippen LogP contribution in [0.25, 0.3) is 0 Å². The maximum Gasteiger partial charge on any atom is 0.240 e. The number of ether oxygens (including phenoxy) is 2. The molecule has 1 unspecified atom stereocenters. The normalized spacial score (nSPS) is 17.2. The van der Waals surface area contributed by atoms with E-state index < -0.39 is 16.1 Å². The molecule has 0 aromatic heterocycles. The van der Waals surface area contributed by atoms with E-state index >= 15 is 0 Å². The summed E-state index contributed by atoms with van der Waals surface area (Å²) in [5.41, 5.74) is 0.717. The summed E-state index contributed by atoms with van der Waals surface area (Å²) in [6.45, 7) is 2.75. The highest BCUT2D eigenvalue weighted by Gasteiger charge is 2.33. The summed E-state index contributed by atoms with van der Waals surface area (Å²) in [5, 5.41) is 0. The molecule has 1 aliphatic rings. The van der Waals surface area contributed by atoms with Crippen LogP contribution in [0.1, 0.15) is 13.3 Å². The van der Waals surface area contributed by atoms with Gasteiger partial charge in [0.15, 0.2) is 0 Å². The zero-order valence-corrected chi connectivity index (χ0v) is 16.0. The van der Waals surface area contributed by atoms with Crippen molar-refractivity contribution < 1.29 is 22.7 Å². The maximum atomic E-state index is 12.6. The Bertz CT molecular complexity index is 895. The third kappa shape index (κ3) is 4.40. The Morgan fingerprint density at radius 2 is 1.70 bits per heavy atom. The molecule has 1 saturated heterocycles. The van der Waals surface area contributed by atoms with Gasteiger partial charge in [0.1, 0.15) is 11.5 Å². The van der Waals surface area contributed by atoms with E-state index in [1.807, 2.05) is 6.92 Å². The highest BCUT2D eigenvalue weighted by molar-refractivity contribution is 7.89. The van der Waals surface area contributed by atoms with E-state index in [4.69, 9.17) is 9.47 Å². The minimum Gasteiger partial charge on any atom is -0.497 e. The number of amides is 1. The second-order valence-corrected chi connectivity index (χ2v) is 7.84. The van der Waals surface area contributed by atoms with E-state index in [9.17, 15) is 13.2 Å². The van der Waals surface area contributed by atoms with E-state index in [1.54, 1.807) is 41.3 Å². The fourth-order valence-corrected chi connectivity index (χ4v) is 4.19. The SMILES string of the molecule is CCOc1ccc(N2CC(NS(=O)(=O)c3ccc(OC)cc3)CC2=O)cc1. The lowest BCUT2D eigenvalue weighted by molar-refractivity contribution is -0.117. The van der Waals surface area contributed by atoms with Crippen LogP contribution in [-0.4, -0.2) is 40.6 Å². The lowest BCUT2D eigenvalue weighted by Gasteiger charge is -2.18. The number of sulfonamides is 1. The van der Waals surface area contributed by atoms with Gasteiger partial charge < -0.3 is 14.4 Å². The molecule has 144 valence electrons. The lowest BCUT2D eigenvalue weighted by atomic mass is 10.3. The first-order valence-corrected chi connectivity index (χ1v) is 10.1. The molecule has 8 heteroatoms. The van der Waals surface area contributed by atoms with Crippen LogP contribution < -0.4 is 19.1 Å². The molecule has 2 aromatic carbocycles. The topological polar surface area (TPSA) is 84.9 Å². The van der Waals surface area contributed by atoms with E-state index in [2.05, 4.69) is 4.72 Å². The van der Waals surface area contributed by atoms with Gasteiger partial charge in [0.2, 0.25) is 15.9 Å². The molecule has 7 nitrogen and oxygen atoms in total. The average Bonchev–Trinajstić information content (AvgIpc) is 3.02. The number of benzene rings is 2. The van der Waals surface area contributed by atoms with E-state index in [1.165, 1.54) is 19.2 Å². The van der Waals surface area contributed by atoms with Crippen LogP contribution in [0.5, 0.6) is 11.5 Å². The third-order valence-electron chi connectivity index (χ3n) is 4.28. The minimum absolute atomic E-state index is 0.114. The number of methoxy groups -OCH3 is 1. The predicted molar refractivity (Wildman–Crippen MR) is 102 cm³/mol. The molecular weight excluding hydrogens is 368 g/mol. The molecule has 0 saturated carbocycles. The summed E-state index contributed by atoms with van der Waals surface area (Å²) in [6.07, 6.45) is 0.114. The van der Waals surface area contributed by atoms with Crippen molar-refractivity contribution in [1.82, 2.24) is 4.72 Å². The molecule has 3 rings (SSSR count). The third-order valence-corrected chi connectivity index (χ3v) is 5.81. The Labute approximate surface area is 158 Å². The van der Waals surface area contributed by atoms with Crippen molar-refractivity contribution in [2.45, 2.75) is 24.3 Å². The molecule has 1 amide bonds. The maximum absolute atomic E-state index is 12.6. The van der Waals surface area contributed by atoms with Gasteiger partial charge in [0.25, 0.3) is 0 Å². The van der Waals surface area contributed by atoms with E-state index in [0.717, 1.165) is 11.4 Å². The zero-order valence-electron chi connectivity index (χ0n) is 15.2. The van der Waals surface area contributed by atoms with Gasteiger partial charge in [-0.2, -0.15) is 0 Å². The van der Waals surface area contributed by atoms with Gasteiger partial charge in [-0.15, -0.1) is 0 Å². The first-order valence-electron chi connectivity index (χ1n) is 8.62. The smallest absolute Gasteiger partial charge is 0.240 e. The molecule has 27 heavy (non-hydrogen) atoms. The van der Waals surface area contributed by atoms with Crippen LogP contribution in [0.15, 0.2) is 53.4 Å². The molecule has 0 radical (unpaired) electrons. The van der Waals surface area contributed by atoms with Crippen LogP contribution in [0.2, 0.25) is 0 Å². The monoisotopic (exact) mass is 390 g/mol. The molecule has 0 spiro atoms. The molecule has 2 aromatic rings. The largest absolute Gasteiger partial charge is 0.497 e. The Balaban J connectivity index is 1.69. The van der Waals surface area contributed by atoms with Gasteiger partial charge in [-0.25, -0.2) is 13.1 Å². The number of carbonyl (C=O) groups excluding carboxylic acids is 1. The number of hydrogen-bond donors (Lipinski definition) is 1. The number of carbonyl (C=O) groups is 1. The number of hydrogen-bond acceptors (Lipinski definition) is 5. The molecular formula is C19H22N2O5S. The summed E-state index contributed by atoms with van der Waals surface area (Å²) in [4.78, 5) is 14.1. The summed E-state index contributed by atoms with van der Waals surface area (Å²) in [7, 11) is -2.20. The molecule has 1 heterocycles. The Hall–Kier alpha value is -2.58. The minimum atomic E-state index is -3.72. The second-order valence-electron chi connectivity index (χ2n) is 6.13. The van der Waals surface area contributed by atoms with Crippen molar-refractivity contribution in [3.63, 3.8) is 0 Å². The molecule has 0 aliphatic carbocycles. The van der Waals surface area contributed by atoms with Gasteiger partial charge in [-0.05, 0) is 55.5 Å². The van der Waals surface area contributed by atoms with Gasteiger partial charge >= 0.3 is 0 Å². The van der Waals surface area contributed by atoms with Crippen LogP contribution in [0, 0.1) is 0 Å². The lowest BCUT2D eigenvalue weighted by Crippen LogP contribution is -2.37. The zero-order chi connectivity index (χ0) is 19.4. The van der Waals surface area contributed by atoms with Crippen molar-refractivity contribution in [1.29, 1.82) is 0 Å². The first kappa shape index (κ1) is 19.2.